The number of halogens is 3. The summed E-state index contributed by atoms with van der Waals surface area (Å²) in [6.45, 7) is 0.341. The van der Waals surface area contributed by atoms with Crippen LogP contribution in [0.5, 0.6) is 0 Å². The van der Waals surface area contributed by atoms with Gasteiger partial charge in [0, 0.05) is 15.5 Å². The summed E-state index contributed by atoms with van der Waals surface area (Å²) in [5, 5.41) is 2.80. The first-order valence-electron chi connectivity index (χ1n) is 3.88. The van der Waals surface area contributed by atoms with E-state index in [0.717, 1.165) is 8.95 Å². The molecule has 0 saturated heterocycles. The topological polar surface area (TPSA) is 12.0 Å². The van der Waals surface area contributed by atoms with Crippen molar-refractivity contribution in [3.63, 3.8) is 0 Å². The van der Waals surface area contributed by atoms with Crippen LogP contribution in [0.3, 0.4) is 0 Å². The van der Waals surface area contributed by atoms with Gasteiger partial charge in [0.1, 0.15) is 6.17 Å². The minimum atomic E-state index is -0.950. The Morgan fingerprint density at radius 3 is 2.62 bits per heavy atom. The molecule has 0 aliphatic carbocycles. The highest BCUT2D eigenvalue weighted by molar-refractivity contribution is 9.13. The molecule has 0 amide bonds. The standard InChI is InChI=1S/C9H10Br2FN/c1-13-5-9(12)6-2-3-7(10)8(11)4-6/h2-4,9,13H,5H2,1H3. The molecule has 0 saturated carbocycles. The van der Waals surface area contributed by atoms with Crippen LogP contribution in [-0.2, 0) is 0 Å². The van der Waals surface area contributed by atoms with Gasteiger partial charge in [-0.25, -0.2) is 4.39 Å². The Balaban J connectivity index is 2.84. The van der Waals surface area contributed by atoms with E-state index in [9.17, 15) is 4.39 Å². The first-order chi connectivity index (χ1) is 6.15. The van der Waals surface area contributed by atoms with Crippen molar-refractivity contribution in [3.8, 4) is 0 Å². The molecule has 1 unspecified atom stereocenters. The lowest BCUT2D eigenvalue weighted by molar-refractivity contribution is 0.335. The maximum Gasteiger partial charge on any atom is 0.138 e. The molecule has 1 aromatic carbocycles. The molecule has 1 aromatic rings. The zero-order chi connectivity index (χ0) is 9.84. The average molecular weight is 311 g/mol. The number of benzene rings is 1. The van der Waals surface area contributed by atoms with Crippen LogP contribution in [0.4, 0.5) is 4.39 Å². The molecule has 1 N–H and O–H groups in total. The van der Waals surface area contributed by atoms with E-state index in [2.05, 4.69) is 37.2 Å². The monoisotopic (exact) mass is 309 g/mol. The normalized spacial score (nSPS) is 12.9. The van der Waals surface area contributed by atoms with Crippen LogP contribution in [0.25, 0.3) is 0 Å². The van der Waals surface area contributed by atoms with Crippen LogP contribution in [0, 0.1) is 0 Å². The van der Waals surface area contributed by atoms with Crippen molar-refractivity contribution in [1.29, 1.82) is 0 Å². The Morgan fingerprint density at radius 1 is 1.38 bits per heavy atom. The van der Waals surface area contributed by atoms with Crippen LogP contribution in [0.1, 0.15) is 11.7 Å². The Morgan fingerprint density at radius 2 is 2.08 bits per heavy atom. The minimum absolute atomic E-state index is 0.341. The van der Waals surface area contributed by atoms with Crippen molar-refractivity contribution in [2.75, 3.05) is 13.6 Å². The molecular weight excluding hydrogens is 301 g/mol. The summed E-state index contributed by atoms with van der Waals surface area (Å²) < 4.78 is 15.2. The summed E-state index contributed by atoms with van der Waals surface area (Å²) in [4.78, 5) is 0. The molecule has 4 heteroatoms. The summed E-state index contributed by atoms with van der Waals surface area (Å²) in [7, 11) is 1.74. The highest BCUT2D eigenvalue weighted by Crippen LogP contribution is 2.27. The third kappa shape index (κ3) is 3.04. The predicted octanol–water partition coefficient (Wildman–Crippen LogP) is 3.44. The summed E-state index contributed by atoms with van der Waals surface area (Å²) in [5.74, 6) is 0. The molecule has 0 aliphatic rings. The average Bonchev–Trinajstić information content (AvgIpc) is 2.10. The highest BCUT2D eigenvalue weighted by Gasteiger charge is 2.09. The van der Waals surface area contributed by atoms with E-state index in [1.165, 1.54) is 0 Å². The number of likely N-dealkylation sites (N-methyl/N-ethyl adjacent to an activating group) is 1. The number of hydrogen-bond donors (Lipinski definition) is 1. The fourth-order valence-electron chi connectivity index (χ4n) is 1.00. The summed E-state index contributed by atoms with van der Waals surface area (Å²) in [6.07, 6.45) is -0.950. The molecule has 0 aromatic heterocycles. The smallest absolute Gasteiger partial charge is 0.138 e. The van der Waals surface area contributed by atoms with Crippen LogP contribution < -0.4 is 5.32 Å². The molecular formula is C9H10Br2FN. The van der Waals surface area contributed by atoms with Gasteiger partial charge in [-0.3, -0.25) is 0 Å². The number of hydrogen-bond acceptors (Lipinski definition) is 1. The predicted molar refractivity (Wildman–Crippen MR) is 59.6 cm³/mol. The van der Waals surface area contributed by atoms with Gasteiger partial charge in [0.25, 0.3) is 0 Å². The van der Waals surface area contributed by atoms with Crippen LogP contribution >= 0.6 is 31.9 Å². The van der Waals surface area contributed by atoms with Gasteiger partial charge in [0.2, 0.25) is 0 Å². The molecule has 0 radical (unpaired) electrons. The molecule has 0 spiro atoms. The van der Waals surface area contributed by atoms with Crippen molar-refractivity contribution in [1.82, 2.24) is 5.32 Å². The van der Waals surface area contributed by atoms with Gasteiger partial charge in [-0.15, -0.1) is 0 Å². The molecule has 13 heavy (non-hydrogen) atoms. The quantitative estimate of drug-likeness (QED) is 0.902. The van der Waals surface area contributed by atoms with Gasteiger partial charge in [0.05, 0.1) is 0 Å². The fraction of sp³-hybridized carbons (Fsp3) is 0.333. The highest BCUT2D eigenvalue weighted by atomic mass is 79.9. The van der Waals surface area contributed by atoms with Gasteiger partial charge >= 0.3 is 0 Å². The van der Waals surface area contributed by atoms with E-state index >= 15 is 0 Å². The summed E-state index contributed by atoms with van der Waals surface area (Å²) in [5.41, 5.74) is 0.685. The molecule has 0 heterocycles. The van der Waals surface area contributed by atoms with Crippen molar-refractivity contribution in [2.24, 2.45) is 0 Å². The number of nitrogens with one attached hydrogen (secondary N) is 1. The summed E-state index contributed by atoms with van der Waals surface area (Å²) in [6, 6.07) is 5.39. The molecule has 1 nitrogen and oxygen atoms in total. The lowest BCUT2D eigenvalue weighted by Crippen LogP contribution is -2.13. The lowest BCUT2D eigenvalue weighted by Gasteiger charge is -2.08. The summed E-state index contributed by atoms with van der Waals surface area (Å²) >= 11 is 6.66. The van der Waals surface area contributed by atoms with Crippen LogP contribution in [0.2, 0.25) is 0 Å². The van der Waals surface area contributed by atoms with Gasteiger partial charge in [0.15, 0.2) is 0 Å². The minimum Gasteiger partial charge on any atom is -0.317 e. The zero-order valence-electron chi connectivity index (χ0n) is 7.15. The van der Waals surface area contributed by atoms with E-state index in [1.807, 2.05) is 6.07 Å². The lowest BCUT2D eigenvalue weighted by atomic mass is 10.1. The Hall–Kier alpha value is 0.0700. The van der Waals surface area contributed by atoms with E-state index in [-0.39, 0.29) is 0 Å². The first-order valence-corrected chi connectivity index (χ1v) is 5.47. The van der Waals surface area contributed by atoms with Crippen LogP contribution in [0.15, 0.2) is 27.1 Å². The third-order valence-electron chi connectivity index (χ3n) is 1.69. The van der Waals surface area contributed by atoms with Crippen molar-refractivity contribution in [3.05, 3.63) is 32.7 Å². The SMILES string of the molecule is CNCC(F)c1ccc(Br)c(Br)c1. The van der Waals surface area contributed by atoms with E-state index in [1.54, 1.807) is 19.2 Å². The maximum atomic E-state index is 13.3. The molecule has 72 valence electrons. The van der Waals surface area contributed by atoms with Crippen molar-refractivity contribution < 1.29 is 4.39 Å². The van der Waals surface area contributed by atoms with E-state index < -0.39 is 6.17 Å². The van der Waals surface area contributed by atoms with Crippen molar-refractivity contribution >= 4 is 31.9 Å². The zero-order valence-corrected chi connectivity index (χ0v) is 10.3. The third-order valence-corrected chi connectivity index (χ3v) is 3.57. The van der Waals surface area contributed by atoms with E-state index in [4.69, 9.17) is 0 Å². The van der Waals surface area contributed by atoms with Gasteiger partial charge < -0.3 is 5.32 Å². The maximum absolute atomic E-state index is 13.3. The van der Waals surface area contributed by atoms with Crippen LogP contribution in [-0.4, -0.2) is 13.6 Å². The second-order valence-electron chi connectivity index (χ2n) is 2.70. The Labute approximate surface area is 94.0 Å². The second-order valence-corrected chi connectivity index (χ2v) is 4.41. The molecule has 0 aliphatic heterocycles. The molecule has 1 atom stereocenters. The molecule has 0 bridgehead atoms. The van der Waals surface area contributed by atoms with Gasteiger partial charge in [-0.1, -0.05) is 6.07 Å². The number of rotatable bonds is 3. The Kier molecular flexibility index (Phi) is 4.35. The van der Waals surface area contributed by atoms with Crippen molar-refractivity contribution in [2.45, 2.75) is 6.17 Å². The Bertz CT molecular complexity index is 291. The largest absolute Gasteiger partial charge is 0.317 e. The van der Waals surface area contributed by atoms with E-state index in [0.29, 0.717) is 12.1 Å². The van der Waals surface area contributed by atoms with Gasteiger partial charge in [-0.2, -0.15) is 0 Å². The fourth-order valence-corrected chi connectivity index (χ4v) is 1.65. The molecule has 0 fully saturated rings. The second kappa shape index (κ2) is 5.08. The molecule has 1 rings (SSSR count). The van der Waals surface area contributed by atoms with Gasteiger partial charge in [-0.05, 0) is 56.6 Å². The number of alkyl halides is 1. The first kappa shape index (κ1) is 11.1.